The third-order valence-corrected chi connectivity index (χ3v) is 8.06. The molecule has 28 heavy (non-hydrogen) atoms. The van der Waals surface area contributed by atoms with E-state index in [1.165, 1.54) is 22.5 Å². The number of fused-ring (bicyclic) bond motifs is 2. The Kier molecular flexibility index (Phi) is 6.92. The molecule has 1 aromatic carbocycles. The lowest BCUT2D eigenvalue weighted by Gasteiger charge is -2.40. The van der Waals surface area contributed by atoms with Gasteiger partial charge in [-0.2, -0.15) is 4.31 Å². The minimum absolute atomic E-state index is 0.0369. The number of sulfonamides is 1. The predicted molar refractivity (Wildman–Crippen MR) is 109 cm³/mol. The average Bonchev–Trinajstić information content (AvgIpc) is 2.72. The molecule has 2 aliphatic heterocycles. The molecule has 0 radical (unpaired) electrons. The molecule has 2 heterocycles. The van der Waals surface area contributed by atoms with Crippen LogP contribution in [0, 0.1) is 5.92 Å². The number of nitrogens with zero attached hydrogens (tertiary/aromatic N) is 2. The predicted octanol–water partition coefficient (Wildman–Crippen LogP) is 3.42. The van der Waals surface area contributed by atoms with Crippen LogP contribution in [0.3, 0.4) is 0 Å². The van der Waals surface area contributed by atoms with E-state index in [0.717, 1.165) is 19.3 Å². The number of halogens is 2. The molecule has 3 rings (SSSR count). The average molecular weight is 449 g/mol. The zero-order chi connectivity index (χ0) is 20.5. The van der Waals surface area contributed by atoms with Gasteiger partial charge >= 0.3 is 0 Å². The summed E-state index contributed by atoms with van der Waals surface area (Å²) in [7, 11) is -2.33. The van der Waals surface area contributed by atoms with E-state index in [9.17, 15) is 13.2 Å². The maximum atomic E-state index is 13.6. The topological polar surface area (TPSA) is 66.9 Å². The zero-order valence-corrected chi connectivity index (χ0v) is 18.4. The van der Waals surface area contributed by atoms with E-state index < -0.39 is 16.1 Å². The molecule has 2 bridgehead atoms. The van der Waals surface area contributed by atoms with Crippen molar-refractivity contribution in [2.75, 3.05) is 26.8 Å². The molecule has 0 saturated carbocycles. The molecular formula is C19H26Cl2N2O4S. The number of ether oxygens (including phenoxy) is 1. The van der Waals surface area contributed by atoms with Crippen molar-refractivity contribution < 1.29 is 17.9 Å². The molecule has 6 nitrogen and oxygen atoms in total. The lowest BCUT2D eigenvalue weighted by molar-refractivity contribution is -0.135. The molecule has 0 spiro atoms. The Labute approximate surface area is 176 Å². The number of hydrogen-bond acceptors (Lipinski definition) is 4. The summed E-state index contributed by atoms with van der Waals surface area (Å²) in [6.45, 7) is 3.48. The first-order chi connectivity index (χ1) is 13.3. The fourth-order valence-corrected chi connectivity index (χ4v) is 6.95. The highest BCUT2D eigenvalue weighted by atomic mass is 35.5. The molecular weight excluding hydrogens is 423 g/mol. The number of carbonyl (C=O) groups excluding carboxylic acids is 1. The van der Waals surface area contributed by atoms with E-state index >= 15 is 0 Å². The molecule has 0 unspecified atom stereocenters. The van der Waals surface area contributed by atoms with Crippen LogP contribution in [-0.2, 0) is 19.6 Å². The smallest absolute Gasteiger partial charge is 0.244 e. The quantitative estimate of drug-likeness (QED) is 0.668. The molecule has 1 aromatic rings. The Hall–Kier alpha value is -0.860. The SMILES string of the molecule is CC[C@H]1CN(CCOC)C(=O)[C@@H]2CCC[C@H]1N2S(=O)(=O)c1cc(Cl)cc(Cl)c1. The van der Waals surface area contributed by atoms with Crippen LogP contribution in [0.2, 0.25) is 10.0 Å². The first-order valence-corrected chi connectivity index (χ1v) is 11.8. The summed E-state index contributed by atoms with van der Waals surface area (Å²) < 4.78 is 33.8. The normalized spacial score (nSPS) is 26.4. The summed E-state index contributed by atoms with van der Waals surface area (Å²) in [5.41, 5.74) is 0. The molecule has 2 fully saturated rings. The van der Waals surface area contributed by atoms with Gasteiger partial charge in [-0.05, 0) is 43.4 Å². The van der Waals surface area contributed by atoms with Crippen LogP contribution in [0.1, 0.15) is 32.6 Å². The number of hydrogen-bond donors (Lipinski definition) is 0. The van der Waals surface area contributed by atoms with Crippen LogP contribution in [-0.4, -0.2) is 62.4 Å². The molecule has 2 saturated heterocycles. The van der Waals surface area contributed by atoms with Gasteiger partial charge in [-0.25, -0.2) is 8.42 Å². The van der Waals surface area contributed by atoms with Gasteiger partial charge in [0.25, 0.3) is 0 Å². The molecule has 1 amide bonds. The van der Waals surface area contributed by atoms with Gasteiger partial charge in [0.05, 0.1) is 11.5 Å². The van der Waals surface area contributed by atoms with Crippen LogP contribution in [0.25, 0.3) is 0 Å². The third kappa shape index (κ3) is 4.19. The largest absolute Gasteiger partial charge is 0.383 e. The molecule has 156 valence electrons. The minimum Gasteiger partial charge on any atom is -0.383 e. The fourth-order valence-electron chi connectivity index (χ4n) is 4.34. The van der Waals surface area contributed by atoms with Crippen LogP contribution < -0.4 is 0 Å². The number of rotatable bonds is 6. The van der Waals surface area contributed by atoms with Crippen LogP contribution in [0.15, 0.2) is 23.1 Å². The number of amides is 1. The summed E-state index contributed by atoms with van der Waals surface area (Å²) in [4.78, 5) is 15.1. The summed E-state index contributed by atoms with van der Waals surface area (Å²) in [6.07, 6.45) is 2.88. The van der Waals surface area contributed by atoms with Gasteiger partial charge in [-0.1, -0.05) is 36.5 Å². The number of benzene rings is 1. The maximum Gasteiger partial charge on any atom is 0.244 e. The van der Waals surface area contributed by atoms with Crippen LogP contribution in [0.4, 0.5) is 0 Å². The molecule has 0 N–H and O–H groups in total. The Morgan fingerprint density at radius 3 is 2.46 bits per heavy atom. The monoisotopic (exact) mass is 448 g/mol. The van der Waals surface area contributed by atoms with E-state index in [-0.39, 0.29) is 32.8 Å². The van der Waals surface area contributed by atoms with E-state index in [4.69, 9.17) is 27.9 Å². The van der Waals surface area contributed by atoms with Crippen LogP contribution in [0.5, 0.6) is 0 Å². The van der Waals surface area contributed by atoms with Crippen molar-refractivity contribution >= 4 is 39.1 Å². The molecule has 3 atom stereocenters. The highest BCUT2D eigenvalue weighted by Gasteiger charge is 2.49. The van der Waals surface area contributed by atoms with Crippen molar-refractivity contribution in [2.24, 2.45) is 5.92 Å². The van der Waals surface area contributed by atoms with E-state index in [1.807, 2.05) is 6.92 Å². The molecule has 2 aliphatic rings. The van der Waals surface area contributed by atoms with Crippen molar-refractivity contribution in [2.45, 2.75) is 49.6 Å². The Morgan fingerprint density at radius 2 is 1.86 bits per heavy atom. The summed E-state index contributed by atoms with van der Waals surface area (Å²) in [5.74, 6) is -0.0788. The standard InChI is InChI=1S/C19H26Cl2N2O4S/c1-3-13-12-22(7-8-27-2)19(24)18-6-4-5-17(13)23(18)28(25,26)16-10-14(20)9-15(21)11-16/h9-11,13,17-18H,3-8,12H2,1-2H3/t13-,17+,18-/m0/s1. The number of carbonyl (C=O) groups is 1. The first kappa shape index (κ1) is 21.8. The second-order valence-corrected chi connectivity index (χ2v) is 10.1. The van der Waals surface area contributed by atoms with Crippen molar-refractivity contribution in [3.63, 3.8) is 0 Å². The molecule has 0 aliphatic carbocycles. The maximum absolute atomic E-state index is 13.6. The van der Waals surface area contributed by atoms with Gasteiger partial charge in [0, 0.05) is 36.3 Å². The summed E-state index contributed by atoms with van der Waals surface area (Å²) in [6, 6.07) is 3.38. The number of piperidine rings is 1. The second kappa shape index (κ2) is 8.88. The van der Waals surface area contributed by atoms with Crippen molar-refractivity contribution in [3.05, 3.63) is 28.2 Å². The highest BCUT2D eigenvalue weighted by Crippen LogP contribution is 2.38. The Morgan fingerprint density at radius 1 is 1.18 bits per heavy atom. The van der Waals surface area contributed by atoms with E-state index in [1.54, 1.807) is 12.0 Å². The van der Waals surface area contributed by atoms with Gasteiger partial charge in [-0.3, -0.25) is 4.79 Å². The highest BCUT2D eigenvalue weighted by molar-refractivity contribution is 7.89. The van der Waals surface area contributed by atoms with E-state index in [2.05, 4.69) is 0 Å². The van der Waals surface area contributed by atoms with Gasteiger partial charge < -0.3 is 9.64 Å². The second-order valence-electron chi connectivity index (χ2n) is 7.40. The van der Waals surface area contributed by atoms with Crippen molar-refractivity contribution in [1.82, 2.24) is 9.21 Å². The Bertz CT molecular complexity index is 813. The van der Waals surface area contributed by atoms with E-state index in [0.29, 0.717) is 26.1 Å². The Balaban J connectivity index is 2.06. The lowest BCUT2D eigenvalue weighted by Crippen LogP contribution is -2.54. The molecule has 9 heteroatoms. The fraction of sp³-hybridized carbons (Fsp3) is 0.632. The van der Waals surface area contributed by atoms with Crippen LogP contribution >= 0.6 is 23.2 Å². The summed E-state index contributed by atoms with van der Waals surface area (Å²) in [5, 5.41) is 0.511. The van der Waals surface area contributed by atoms with Gasteiger partial charge in [-0.15, -0.1) is 0 Å². The third-order valence-electron chi connectivity index (χ3n) is 5.71. The lowest BCUT2D eigenvalue weighted by atomic mass is 9.89. The molecule has 0 aromatic heterocycles. The van der Waals surface area contributed by atoms with Crippen molar-refractivity contribution in [3.8, 4) is 0 Å². The van der Waals surface area contributed by atoms with Gasteiger partial charge in [0.2, 0.25) is 15.9 Å². The summed E-state index contributed by atoms with van der Waals surface area (Å²) >= 11 is 12.1. The minimum atomic E-state index is -3.92. The number of methoxy groups -OCH3 is 1. The first-order valence-electron chi connectivity index (χ1n) is 9.57. The van der Waals surface area contributed by atoms with Gasteiger partial charge in [0.15, 0.2) is 0 Å². The zero-order valence-electron chi connectivity index (χ0n) is 16.1. The van der Waals surface area contributed by atoms with Crippen molar-refractivity contribution in [1.29, 1.82) is 0 Å². The van der Waals surface area contributed by atoms with Gasteiger partial charge in [0.1, 0.15) is 6.04 Å².